The molecular formula is C11H21INO2+. The maximum atomic E-state index is 11.6. The molecule has 3 nitrogen and oxygen atoms in total. The summed E-state index contributed by atoms with van der Waals surface area (Å²) in [6.07, 6.45) is 2.95. The molecule has 0 aromatic heterocycles. The molecular weight excluding hydrogens is 305 g/mol. The molecule has 0 saturated carbocycles. The van der Waals surface area contributed by atoms with E-state index in [-0.39, 0.29) is 15.5 Å². The Labute approximate surface area is 106 Å². The summed E-state index contributed by atoms with van der Waals surface area (Å²) >= 11 is 2.11. The number of piperidine rings is 1. The van der Waals surface area contributed by atoms with E-state index >= 15 is 0 Å². The van der Waals surface area contributed by atoms with Gasteiger partial charge in [0, 0.05) is 12.8 Å². The van der Waals surface area contributed by atoms with Gasteiger partial charge in [-0.05, 0) is 13.3 Å². The average Bonchev–Trinajstić information content (AvgIpc) is 2.21. The molecule has 1 rings (SSSR count). The van der Waals surface area contributed by atoms with Gasteiger partial charge in [0.1, 0.15) is 9.53 Å². The maximum absolute atomic E-state index is 11.6. The number of quaternary nitrogens is 1. The summed E-state index contributed by atoms with van der Waals surface area (Å²) in [6.45, 7) is 6.21. The van der Waals surface area contributed by atoms with E-state index < -0.39 is 0 Å². The topological polar surface area (TPSA) is 30.7 Å². The van der Waals surface area contributed by atoms with E-state index in [0.29, 0.717) is 0 Å². The molecule has 0 aliphatic carbocycles. The number of nitrogens with one attached hydrogen (secondary N) is 1. The minimum Gasteiger partial charge on any atom is -0.458 e. The Morgan fingerprint density at radius 1 is 1.53 bits per heavy atom. The van der Waals surface area contributed by atoms with E-state index in [4.69, 9.17) is 4.74 Å². The second kappa shape index (κ2) is 5.48. The standard InChI is InChI=1S/C11H20INO2/c1-4-11(15-10(14)9(2)12)5-7-13(3)8-6-11/h9H,4-8H2,1-3H3/p+1. The number of likely N-dealkylation sites (tertiary alicyclic amines) is 1. The number of halogens is 1. The number of carbonyl (C=O) groups excluding carboxylic acids is 1. The first-order valence-corrected chi connectivity index (χ1v) is 6.92. The Morgan fingerprint density at radius 3 is 2.47 bits per heavy atom. The molecule has 0 radical (unpaired) electrons. The largest absolute Gasteiger partial charge is 0.458 e. The van der Waals surface area contributed by atoms with Crippen molar-refractivity contribution >= 4 is 28.6 Å². The van der Waals surface area contributed by atoms with Crippen molar-refractivity contribution in [2.75, 3.05) is 20.1 Å². The molecule has 0 bridgehead atoms. The van der Waals surface area contributed by atoms with Crippen LogP contribution in [-0.4, -0.2) is 35.6 Å². The van der Waals surface area contributed by atoms with Crippen molar-refractivity contribution in [1.82, 2.24) is 0 Å². The van der Waals surface area contributed by atoms with Crippen molar-refractivity contribution < 1.29 is 14.4 Å². The van der Waals surface area contributed by atoms with Crippen molar-refractivity contribution in [1.29, 1.82) is 0 Å². The Balaban J connectivity index is 2.57. The number of esters is 1. The number of ether oxygens (including phenoxy) is 1. The van der Waals surface area contributed by atoms with Crippen molar-refractivity contribution in [3.05, 3.63) is 0 Å². The Bertz CT molecular complexity index is 223. The number of hydrogen-bond acceptors (Lipinski definition) is 2. The van der Waals surface area contributed by atoms with Gasteiger partial charge in [-0.2, -0.15) is 0 Å². The zero-order valence-corrected chi connectivity index (χ0v) is 12.0. The predicted molar refractivity (Wildman–Crippen MR) is 68.5 cm³/mol. The van der Waals surface area contributed by atoms with Crippen LogP contribution in [0.15, 0.2) is 0 Å². The lowest BCUT2D eigenvalue weighted by Gasteiger charge is -2.37. The van der Waals surface area contributed by atoms with Crippen LogP contribution in [0.1, 0.15) is 33.1 Å². The Kier molecular flexibility index (Phi) is 4.83. The summed E-state index contributed by atoms with van der Waals surface area (Å²) in [5.74, 6) is -0.0583. The number of hydrogen-bond donors (Lipinski definition) is 1. The second-order valence-corrected chi connectivity index (χ2v) is 6.40. The summed E-state index contributed by atoms with van der Waals surface area (Å²) in [6, 6.07) is 0. The zero-order chi connectivity index (χ0) is 11.5. The first-order valence-electron chi connectivity index (χ1n) is 5.67. The van der Waals surface area contributed by atoms with Gasteiger partial charge in [-0.1, -0.05) is 29.5 Å². The van der Waals surface area contributed by atoms with Gasteiger partial charge < -0.3 is 9.64 Å². The Morgan fingerprint density at radius 2 is 2.07 bits per heavy atom. The lowest BCUT2D eigenvalue weighted by atomic mass is 9.89. The molecule has 0 spiro atoms. The average molecular weight is 326 g/mol. The molecule has 1 aliphatic rings. The highest BCUT2D eigenvalue weighted by atomic mass is 127. The summed E-state index contributed by atoms with van der Waals surface area (Å²) in [7, 11) is 2.20. The molecule has 88 valence electrons. The fourth-order valence-electron chi connectivity index (χ4n) is 1.95. The summed E-state index contributed by atoms with van der Waals surface area (Å²) in [4.78, 5) is 13.2. The molecule has 1 saturated heterocycles. The van der Waals surface area contributed by atoms with Gasteiger partial charge in [0.15, 0.2) is 0 Å². The number of rotatable bonds is 3. The van der Waals surface area contributed by atoms with Crippen LogP contribution < -0.4 is 4.90 Å². The normalized spacial score (nSPS) is 33.5. The molecule has 0 amide bonds. The highest BCUT2D eigenvalue weighted by Crippen LogP contribution is 2.26. The lowest BCUT2D eigenvalue weighted by Crippen LogP contribution is -3.10. The third-order valence-electron chi connectivity index (χ3n) is 3.30. The van der Waals surface area contributed by atoms with Crippen molar-refractivity contribution in [2.24, 2.45) is 0 Å². The van der Waals surface area contributed by atoms with Crippen LogP contribution in [0.4, 0.5) is 0 Å². The van der Waals surface area contributed by atoms with Gasteiger partial charge in [-0.25, -0.2) is 0 Å². The molecule has 1 atom stereocenters. The van der Waals surface area contributed by atoms with Crippen LogP contribution in [-0.2, 0) is 9.53 Å². The van der Waals surface area contributed by atoms with Crippen LogP contribution in [0.5, 0.6) is 0 Å². The van der Waals surface area contributed by atoms with Gasteiger partial charge in [0.2, 0.25) is 0 Å². The van der Waals surface area contributed by atoms with Gasteiger partial charge >= 0.3 is 5.97 Å². The molecule has 1 heterocycles. The van der Waals surface area contributed by atoms with E-state index in [1.807, 2.05) is 6.92 Å². The van der Waals surface area contributed by atoms with Crippen LogP contribution in [0.25, 0.3) is 0 Å². The smallest absolute Gasteiger partial charge is 0.319 e. The van der Waals surface area contributed by atoms with E-state index in [9.17, 15) is 4.79 Å². The van der Waals surface area contributed by atoms with E-state index in [0.717, 1.165) is 32.4 Å². The first kappa shape index (κ1) is 13.2. The SMILES string of the molecule is CCC1(OC(=O)C(C)I)CC[NH+](C)CC1. The van der Waals surface area contributed by atoms with Crippen molar-refractivity contribution in [2.45, 2.75) is 42.6 Å². The fourth-order valence-corrected chi connectivity index (χ4v) is 2.08. The van der Waals surface area contributed by atoms with Crippen molar-refractivity contribution in [3.8, 4) is 0 Å². The number of carbonyl (C=O) groups is 1. The first-order chi connectivity index (χ1) is 6.99. The predicted octanol–water partition coefficient (Wildman–Crippen LogP) is 0.810. The minimum atomic E-state index is -0.171. The second-order valence-electron chi connectivity index (χ2n) is 4.53. The van der Waals surface area contributed by atoms with Gasteiger partial charge in [0.25, 0.3) is 0 Å². The zero-order valence-electron chi connectivity index (χ0n) is 9.81. The van der Waals surface area contributed by atoms with Crippen LogP contribution in [0.3, 0.4) is 0 Å². The number of alkyl halides is 1. The summed E-state index contributed by atoms with van der Waals surface area (Å²) in [5, 5.41) is 0. The minimum absolute atomic E-state index is 0.0435. The van der Waals surface area contributed by atoms with Crippen LogP contribution >= 0.6 is 22.6 Å². The molecule has 1 fully saturated rings. The van der Waals surface area contributed by atoms with Gasteiger partial charge in [-0.15, -0.1) is 0 Å². The van der Waals surface area contributed by atoms with Gasteiger partial charge in [0.05, 0.1) is 20.1 Å². The Hall–Kier alpha value is 0.160. The molecule has 4 heteroatoms. The van der Waals surface area contributed by atoms with Crippen LogP contribution in [0, 0.1) is 0 Å². The van der Waals surface area contributed by atoms with Crippen LogP contribution in [0.2, 0.25) is 0 Å². The molecule has 0 aromatic carbocycles. The third-order valence-corrected chi connectivity index (χ3v) is 3.81. The summed E-state index contributed by atoms with van der Waals surface area (Å²) < 4.78 is 5.63. The lowest BCUT2D eigenvalue weighted by molar-refractivity contribution is -0.887. The monoisotopic (exact) mass is 326 g/mol. The maximum Gasteiger partial charge on any atom is 0.319 e. The third kappa shape index (κ3) is 3.59. The van der Waals surface area contributed by atoms with E-state index in [1.54, 1.807) is 0 Å². The van der Waals surface area contributed by atoms with Crippen molar-refractivity contribution in [3.63, 3.8) is 0 Å². The highest BCUT2D eigenvalue weighted by molar-refractivity contribution is 14.1. The van der Waals surface area contributed by atoms with E-state index in [1.165, 1.54) is 4.90 Å². The van der Waals surface area contributed by atoms with Gasteiger partial charge in [-0.3, -0.25) is 4.79 Å². The molecule has 0 aromatic rings. The fraction of sp³-hybridized carbons (Fsp3) is 0.909. The summed E-state index contributed by atoms with van der Waals surface area (Å²) in [5.41, 5.74) is -0.171. The molecule has 1 N–H and O–H groups in total. The molecule has 15 heavy (non-hydrogen) atoms. The molecule has 1 unspecified atom stereocenters. The molecule has 1 aliphatic heterocycles. The van der Waals surface area contributed by atoms with E-state index in [2.05, 4.69) is 36.6 Å². The quantitative estimate of drug-likeness (QED) is 0.473. The highest BCUT2D eigenvalue weighted by Gasteiger charge is 2.38.